The van der Waals surface area contributed by atoms with Gasteiger partial charge in [-0.05, 0) is 42.9 Å². The van der Waals surface area contributed by atoms with E-state index in [1.165, 1.54) is 0 Å². The number of methoxy groups -OCH3 is 1. The third-order valence-corrected chi connectivity index (χ3v) is 4.75. The van der Waals surface area contributed by atoms with Crippen molar-refractivity contribution in [2.45, 2.75) is 44.8 Å². The van der Waals surface area contributed by atoms with Gasteiger partial charge >= 0.3 is 0 Å². The molecule has 0 radical (unpaired) electrons. The number of benzene rings is 1. The van der Waals surface area contributed by atoms with Gasteiger partial charge in [-0.2, -0.15) is 0 Å². The van der Waals surface area contributed by atoms with Crippen LogP contribution < -0.4 is 15.2 Å². The topological polar surface area (TPSA) is 44.5 Å². The van der Waals surface area contributed by atoms with Crippen LogP contribution in [0.25, 0.3) is 0 Å². The van der Waals surface area contributed by atoms with Crippen molar-refractivity contribution in [3.63, 3.8) is 0 Å². The summed E-state index contributed by atoms with van der Waals surface area (Å²) in [7, 11) is 1.68. The van der Waals surface area contributed by atoms with Crippen LogP contribution in [0.5, 0.6) is 11.5 Å². The van der Waals surface area contributed by atoms with E-state index >= 15 is 0 Å². The van der Waals surface area contributed by atoms with Crippen molar-refractivity contribution in [2.75, 3.05) is 7.11 Å². The third kappa shape index (κ3) is 2.10. The minimum Gasteiger partial charge on any atom is -0.497 e. The van der Waals surface area contributed by atoms with Crippen molar-refractivity contribution in [1.82, 2.24) is 0 Å². The maximum absolute atomic E-state index is 6.34. The predicted molar refractivity (Wildman–Crippen MR) is 75.5 cm³/mol. The van der Waals surface area contributed by atoms with Crippen LogP contribution >= 0.6 is 0 Å². The Bertz CT molecular complexity index is 478. The van der Waals surface area contributed by atoms with Crippen molar-refractivity contribution < 1.29 is 9.47 Å². The van der Waals surface area contributed by atoms with Gasteiger partial charge in [0.15, 0.2) is 0 Å². The van der Waals surface area contributed by atoms with E-state index in [4.69, 9.17) is 15.2 Å². The monoisotopic (exact) mass is 261 g/mol. The van der Waals surface area contributed by atoms with Crippen LogP contribution in [0.2, 0.25) is 0 Å². The van der Waals surface area contributed by atoms with Gasteiger partial charge in [0.05, 0.1) is 7.11 Å². The van der Waals surface area contributed by atoms with E-state index in [9.17, 15) is 0 Å². The predicted octanol–water partition coefficient (Wildman–Crippen LogP) is 3.28. The number of fused-ring (bicyclic) bond motifs is 1. The first-order valence-electron chi connectivity index (χ1n) is 7.15. The quantitative estimate of drug-likeness (QED) is 0.888. The van der Waals surface area contributed by atoms with Crippen LogP contribution in [0.15, 0.2) is 18.2 Å². The van der Waals surface area contributed by atoms with E-state index < -0.39 is 0 Å². The number of nitrogens with two attached hydrogens (primary N) is 1. The average molecular weight is 261 g/mol. The lowest BCUT2D eigenvalue weighted by molar-refractivity contribution is -0.0845. The molecule has 0 saturated heterocycles. The molecule has 1 spiro atoms. The molecule has 3 nitrogen and oxygen atoms in total. The van der Waals surface area contributed by atoms with Gasteiger partial charge in [-0.1, -0.05) is 13.8 Å². The first kappa shape index (κ1) is 12.8. The lowest BCUT2D eigenvalue weighted by Crippen LogP contribution is -2.53. The molecule has 2 aliphatic rings. The van der Waals surface area contributed by atoms with Crippen molar-refractivity contribution in [1.29, 1.82) is 0 Å². The van der Waals surface area contributed by atoms with Gasteiger partial charge in [-0.3, -0.25) is 0 Å². The Morgan fingerprint density at radius 1 is 1.32 bits per heavy atom. The fourth-order valence-electron chi connectivity index (χ4n) is 3.44. The second kappa shape index (κ2) is 4.41. The molecular formula is C16H23NO2. The Hall–Kier alpha value is -1.22. The van der Waals surface area contributed by atoms with Gasteiger partial charge < -0.3 is 15.2 Å². The van der Waals surface area contributed by atoms with Crippen LogP contribution in [0, 0.1) is 11.8 Å². The number of ether oxygens (including phenoxy) is 2. The fourth-order valence-corrected chi connectivity index (χ4v) is 3.44. The van der Waals surface area contributed by atoms with Crippen molar-refractivity contribution in [2.24, 2.45) is 17.6 Å². The minimum absolute atomic E-state index is 0.00403. The van der Waals surface area contributed by atoms with Gasteiger partial charge in [-0.15, -0.1) is 0 Å². The Balaban J connectivity index is 1.82. The summed E-state index contributed by atoms with van der Waals surface area (Å²) in [6, 6.07) is 6.01. The Labute approximate surface area is 115 Å². The summed E-state index contributed by atoms with van der Waals surface area (Å²) in [6.07, 6.45) is 3.21. The molecule has 0 amide bonds. The smallest absolute Gasteiger partial charge is 0.125 e. The highest BCUT2D eigenvalue weighted by atomic mass is 16.5. The molecule has 1 aromatic carbocycles. The Morgan fingerprint density at radius 2 is 2.05 bits per heavy atom. The van der Waals surface area contributed by atoms with E-state index in [0.717, 1.165) is 48.2 Å². The first-order valence-corrected chi connectivity index (χ1v) is 7.15. The zero-order chi connectivity index (χ0) is 13.6. The summed E-state index contributed by atoms with van der Waals surface area (Å²) in [5, 5.41) is 0. The molecule has 1 aromatic rings. The van der Waals surface area contributed by atoms with Crippen molar-refractivity contribution >= 4 is 0 Å². The highest BCUT2D eigenvalue weighted by Crippen LogP contribution is 2.53. The highest BCUT2D eigenvalue weighted by molar-refractivity contribution is 5.44. The van der Waals surface area contributed by atoms with Crippen LogP contribution in [0.4, 0.5) is 0 Å². The third-order valence-electron chi connectivity index (χ3n) is 4.75. The van der Waals surface area contributed by atoms with Gasteiger partial charge in [0.25, 0.3) is 0 Å². The molecule has 0 aromatic heterocycles. The average Bonchev–Trinajstić information content (AvgIpc) is 2.35. The van der Waals surface area contributed by atoms with E-state index in [-0.39, 0.29) is 11.6 Å². The minimum atomic E-state index is -0.00403. The number of hydrogen-bond donors (Lipinski definition) is 1. The van der Waals surface area contributed by atoms with Gasteiger partial charge in [0.1, 0.15) is 17.1 Å². The summed E-state index contributed by atoms with van der Waals surface area (Å²) in [5.74, 6) is 3.32. The number of hydrogen-bond acceptors (Lipinski definition) is 3. The zero-order valence-corrected chi connectivity index (χ0v) is 12.0. The van der Waals surface area contributed by atoms with Crippen LogP contribution in [0.1, 0.15) is 44.7 Å². The molecule has 104 valence electrons. The molecule has 1 heterocycles. The maximum atomic E-state index is 6.34. The van der Waals surface area contributed by atoms with E-state index in [2.05, 4.69) is 13.8 Å². The molecule has 0 unspecified atom stereocenters. The van der Waals surface area contributed by atoms with E-state index in [1.54, 1.807) is 7.11 Å². The van der Waals surface area contributed by atoms with Crippen LogP contribution in [0.3, 0.4) is 0 Å². The largest absolute Gasteiger partial charge is 0.497 e. The molecule has 3 rings (SSSR count). The van der Waals surface area contributed by atoms with E-state index in [1.807, 2.05) is 18.2 Å². The zero-order valence-electron chi connectivity index (χ0n) is 12.0. The van der Waals surface area contributed by atoms with Gasteiger partial charge in [0, 0.05) is 18.0 Å². The summed E-state index contributed by atoms with van der Waals surface area (Å²) >= 11 is 0. The Morgan fingerprint density at radius 3 is 2.68 bits per heavy atom. The molecule has 1 saturated carbocycles. The summed E-state index contributed by atoms with van der Waals surface area (Å²) in [5.41, 5.74) is 7.42. The molecule has 1 fully saturated rings. The van der Waals surface area contributed by atoms with Gasteiger partial charge in [0.2, 0.25) is 0 Å². The molecule has 1 aliphatic carbocycles. The van der Waals surface area contributed by atoms with Crippen LogP contribution in [-0.4, -0.2) is 12.7 Å². The maximum Gasteiger partial charge on any atom is 0.125 e. The van der Waals surface area contributed by atoms with Crippen molar-refractivity contribution in [3.05, 3.63) is 23.8 Å². The lowest BCUT2D eigenvalue weighted by Gasteiger charge is -2.52. The summed E-state index contributed by atoms with van der Waals surface area (Å²) in [6.45, 7) is 4.58. The molecule has 0 bridgehead atoms. The number of rotatable bonds is 2. The first-order chi connectivity index (χ1) is 9.03. The lowest BCUT2D eigenvalue weighted by atomic mass is 9.62. The van der Waals surface area contributed by atoms with Crippen molar-refractivity contribution in [3.8, 4) is 11.5 Å². The Kier molecular flexibility index (Phi) is 2.97. The molecule has 1 aliphatic heterocycles. The second-order valence-corrected chi connectivity index (χ2v) is 6.41. The molecular weight excluding hydrogens is 238 g/mol. The second-order valence-electron chi connectivity index (χ2n) is 6.41. The van der Waals surface area contributed by atoms with E-state index in [0.29, 0.717) is 0 Å². The summed E-state index contributed by atoms with van der Waals surface area (Å²) in [4.78, 5) is 0. The highest BCUT2D eigenvalue weighted by Gasteiger charge is 2.50. The van der Waals surface area contributed by atoms with Crippen LogP contribution in [-0.2, 0) is 0 Å². The normalized spacial score (nSPS) is 32.7. The molecule has 2 N–H and O–H groups in total. The fraction of sp³-hybridized carbons (Fsp3) is 0.625. The standard InChI is InChI=1S/C16H23NO2/c1-10(2)11-7-16(8-11)9-14(17)13-6-12(18-3)4-5-15(13)19-16/h4-6,10-11,14H,7-9,17H2,1-3H3/t11?,14-,16?/m0/s1. The summed E-state index contributed by atoms with van der Waals surface area (Å²) < 4.78 is 11.5. The molecule has 3 heteroatoms. The molecule has 1 atom stereocenters. The van der Waals surface area contributed by atoms with Gasteiger partial charge in [-0.25, -0.2) is 0 Å². The SMILES string of the molecule is COc1ccc2c(c1)[C@@H](N)CC1(CC(C(C)C)C1)O2. The molecule has 19 heavy (non-hydrogen) atoms.